The van der Waals surface area contributed by atoms with Crippen LogP contribution >= 0.6 is 0 Å². The maximum Gasteiger partial charge on any atom is 0.232 e. The van der Waals surface area contributed by atoms with Crippen molar-refractivity contribution in [2.75, 3.05) is 41.6 Å². The van der Waals surface area contributed by atoms with Crippen LogP contribution in [0, 0.1) is 0 Å². The van der Waals surface area contributed by atoms with Gasteiger partial charge in [-0.2, -0.15) is 0 Å². The van der Waals surface area contributed by atoms with Crippen molar-refractivity contribution in [3.05, 3.63) is 24.3 Å². The van der Waals surface area contributed by atoms with Crippen LogP contribution in [0.4, 0.5) is 11.4 Å². The van der Waals surface area contributed by atoms with Gasteiger partial charge in [-0.05, 0) is 37.1 Å². The quantitative estimate of drug-likeness (QED) is 0.819. The first-order valence-corrected chi connectivity index (χ1v) is 9.86. The summed E-state index contributed by atoms with van der Waals surface area (Å²) in [6.45, 7) is 4.40. The van der Waals surface area contributed by atoms with E-state index >= 15 is 0 Å². The largest absolute Gasteiger partial charge is 0.372 e. The van der Waals surface area contributed by atoms with Gasteiger partial charge in [0.25, 0.3) is 0 Å². The zero-order valence-electron chi connectivity index (χ0n) is 13.8. The molecule has 0 aromatic heterocycles. The summed E-state index contributed by atoms with van der Waals surface area (Å²) in [6, 6.07) is 7.58. The van der Waals surface area contributed by atoms with Crippen LogP contribution in [0.2, 0.25) is 0 Å². The predicted molar refractivity (Wildman–Crippen MR) is 93.4 cm³/mol. The monoisotopic (exact) mass is 339 g/mol. The molecule has 0 aliphatic carbocycles. The highest BCUT2D eigenvalue weighted by Gasteiger charge is 2.18. The van der Waals surface area contributed by atoms with Crippen LogP contribution in [-0.2, 0) is 14.8 Å². The molecular formula is C16H25N3O3S. The number of anilines is 2. The average Bonchev–Trinajstić information content (AvgIpc) is 3.04. The molecule has 23 heavy (non-hydrogen) atoms. The number of nitrogens with zero attached hydrogens (tertiary/aromatic N) is 2. The standard InChI is InChI=1S/C16H25N3O3S/c1-3-16(20)17-10-13-19(23(2,21)22)15-8-6-14(7-9-15)18-11-4-5-12-18/h6-9H,3-5,10-13H2,1-2H3,(H,17,20). The Morgan fingerprint density at radius 2 is 1.83 bits per heavy atom. The fourth-order valence-corrected chi connectivity index (χ4v) is 3.64. The number of sulfonamides is 1. The Bertz CT molecular complexity index is 622. The predicted octanol–water partition coefficient (Wildman–Crippen LogP) is 1.58. The molecule has 0 radical (unpaired) electrons. The molecule has 0 unspecified atom stereocenters. The normalized spacial score (nSPS) is 14.8. The van der Waals surface area contributed by atoms with Crippen molar-refractivity contribution in [1.29, 1.82) is 0 Å². The molecule has 1 aromatic rings. The molecule has 1 amide bonds. The smallest absolute Gasteiger partial charge is 0.232 e. The van der Waals surface area contributed by atoms with Gasteiger partial charge in [0.2, 0.25) is 15.9 Å². The number of carbonyl (C=O) groups is 1. The van der Waals surface area contributed by atoms with E-state index in [2.05, 4.69) is 10.2 Å². The lowest BCUT2D eigenvalue weighted by molar-refractivity contribution is -0.120. The van der Waals surface area contributed by atoms with Gasteiger partial charge in [-0.25, -0.2) is 8.42 Å². The Morgan fingerprint density at radius 1 is 1.22 bits per heavy atom. The molecule has 0 atom stereocenters. The molecule has 0 spiro atoms. The molecule has 128 valence electrons. The summed E-state index contributed by atoms with van der Waals surface area (Å²) >= 11 is 0. The molecule has 1 aliphatic heterocycles. The average molecular weight is 339 g/mol. The van der Waals surface area contributed by atoms with E-state index in [0.717, 1.165) is 18.8 Å². The van der Waals surface area contributed by atoms with Gasteiger partial charge in [-0.15, -0.1) is 0 Å². The topological polar surface area (TPSA) is 69.7 Å². The van der Waals surface area contributed by atoms with Crippen molar-refractivity contribution < 1.29 is 13.2 Å². The van der Waals surface area contributed by atoms with Gasteiger partial charge >= 0.3 is 0 Å². The third-order valence-electron chi connectivity index (χ3n) is 3.97. The van der Waals surface area contributed by atoms with E-state index in [9.17, 15) is 13.2 Å². The first-order valence-electron chi connectivity index (χ1n) is 8.01. The number of carbonyl (C=O) groups excluding carboxylic acids is 1. The molecule has 1 aliphatic rings. The van der Waals surface area contributed by atoms with Gasteiger partial charge in [-0.3, -0.25) is 9.10 Å². The van der Waals surface area contributed by atoms with Crippen LogP contribution in [0.15, 0.2) is 24.3 Å². The zero-order chi connectivity index (χ0) is 16.9. The fraction of sp³-hybridized carbons (Fsp3) is 0.562. The van der Waals surface area contributed by atoms with Crippen molar-refractivity contribution in [2.24, 2.45) is 0 Å². The number of hydrogen-bond donors (Lipinski definition) is 1. The molecule has 1 fully saturated rings. The summed E-state index contributed by atoms with van der Waals surface area (Å²) in [4.78, 5) is 13.6. The van der Waals surface area contributed by atoms with Crippen molar-refractivity contribution in [1.82, 2.24) is 5.32 Å². The number of hydrogen-bond acceptors (Lipinski definition) is 4. The van der Waals surface area contributed by atoms with E-state index in [4.69, 9.17) is 0 Å². The maximum atomic E-state index is 12.0. The maximum absolute atomic E-state index is 12.0. The summed E-state index contributed by atoms with van der Waals surface area (Å²) in [6.07, 6.45) is 3.98. The zero-order valence-corrected chi connectivity index (χ0v) is 14.6. The van der Waals surface area contributed by atoms with Gasteiger partial charge in [0.1, 0.15) is 0 Å². The lowest BCUT2D eigenvalue weighted by atomic mass is 10.2. The van der Waals surface area contributed by atoms with Gasteiger partial charge in [0, 0.05) is 31.7 Å². The SMILES string of the molecule is CCC(=O)NCCN(c1ccc(N2CCCC2)cc1)S(C)(=O)=O. The molecule has 2 rings (SSSR count). The van der Waals surface area contributed by atoms with E-state index in [-0.39, 0.29) is 12.5 Å². The van der Waals surface area contributed by atoms with E-state index in [1.807, 2.05) is 24.3 Å². The van der Waals surface area contributed by atoms with Crippen LogP contribution in [0.25, 0.3) is 0 Å². The third kappa shape index (κ3) is 4.86. The fourth-order valence-electron chi connectivity index (χ4n) is 2.71. The van der Waals surface area contributed by atoms with Crippen LogP contribution in [0.5, 0.6) is 0 Å². The van der Waals surface area contributed by atoms with Gasteiger partial charge in [0.15, 0.2) is 0 Å². The number of rotatable bonds is 7. The van der Waals surface area contributed by atoms with Crippen molar-refractivity contribution in [3.63, 3.8) is 0 Å². The van der Waals surface area contributed by atoms with Crippen molar-refractivity contribution in [2.45, 2.75) is 26.2 Å². The highest BCUT2D eigenvalue weighted by Crippen LogP contribution is 2.24. The van der Waals surface area contributed by atoms with E-state index in [1.54, 1.807) is 6.92 Å². The summed E-state index contributed by atoms with van der Waals surface area (Å²) in [5, 5.41) is 2.71. The minimum absolute atomic E-state index is 0.0807. The highest BCUT2D eigenvalue weighted by atomic mass is 32.2. The second-order valence-corrected chi connectivity index (χ2v) is 7.66. The van der Waals surface area contributed by atoms with E-state index < -0.39 is 10.0 Å². The Hall–Kier alpha value is -1.76. The number of benzene rings is 1. The Balaban J connectivity index is 2.07. The lowest BCUT2D eigenvalue weighted by Crippen LogP contribution is -2.38. The molecule has 7 heteroatoms. The first-order chi connectivity index (χ1) is 10.9. The van der Waals surface area contributed by atoms with Gasteiger partial charge in [0.05, 0.1) is 18.5 Å². The minimum atomic E-state index is -3.39. The molecule has 1 aromatic carbocycles. The minimum Gasteiger partial charge on any atom is -0.372 e. The van der Waals surface area contributed by atoms with Crippen molar-refractivity contribution in [3.8, 4) is 0 Å². The Labute approximate surface area is 138 Å². The molecule has 6 nitrogen and oxygen atoms in total. The van der Waals surface area contributed by atoms with Gasteiger partial charge in [-0.1, -0.05) is 6.92 Å². The molecule has 0 bridgehead atoms. The Kier molecular flexibility index (Phi) is 5.87. The summed E-state index contributed by atoms with van der Waals surface area (Å²) < 4.78 is 25.4. The number of nitrogens with one attached hydrogen (secondary N) is 1. The first kappa shape index (κ1) is 17.6. The molecule has 1 saturated heterocycles. The van der Waals surface area contributed by atoms with Crippen molar-refractivity contribution >= 4 is 27.3 Å². The highest BCUT2D eigenvalue weighted by molar-refractivity contribution is 7.92. The van der Waals surface area contributed by atoms with Crippen LogP contribution < -0.4 is 14.5 Å². The second-order valence-electron chi connectivity index (χ2n) is 5.75. The third-order valence-corrected chi connectivity index (χ3v) is 5.16. The Morgan fingerprint density at radius 3 is 2.35 bits per heavy atom. The van der Waals surface area contributed by atoms with Crippen LogP contribution in [-0.4, -0.2) is 46.8 Å². The second kappa shape index (κ2) is 7.68. The van der Waals surface area contributed by atoms with Gasteiger partial charge < -0.3 is 10.2 Å². The van der Waals surface area contributed by atoms with Crippen LogP contribution in [0.1, 0.15) is 26.2 Å². The van der Waals surface area contributed by atoms with E-state index in [1.165, 1.54) is 23.4 Å². The summed E-state index contributed by atoms with van der Waals surface area (Å²) in [5.74, 6) is -0.0807. The molecular weight excluding hydrogens is 314 g/mol. The van der Waals surface area contributed by atoms with E-state index in [0.29, 0.717) is 18.7 Å². The molecule has 1 N–H and O–H groups in total. The molecule has 1 heterocycles. The summed E-state index contributed by atoms with van der Waals surface area (Å²) in [7, 11) is -3.39. The van der Waals surface area contributed by atoms with Crippen LogP contribution in [0.3, 0.4) is 0 Å². The molecule has 0 saturated carbocycles. The lowest BCUT2D eigenvalue weighted by Gasteiger charge is -2.24. The number of amides is 1. The summed E-state index contributed by atoms with van der Waals surface area (Å²) in [5.41, 5.74) is 1.75.